The summed E-state index contributed by atoms with van der Waals surface area (Å²) >= 11 is 5.89. The van der Waals surface area contributed by atoms with E-state index >= 15 is 0 Å². The molecule has 1 amide bonds. The molecule has 0 saturated carbocycles. The van der Waals surface area contributed by atoms with Crippen LogP contribution in [0.1, 0.15) is 28.5 Å². The molecule has 7 heteroatoms. The molecule has 0 saturated heterocycles. The largest absolute Gasteiger partial charge is 0.319 e. The summed E-state index contributed by atoms with van der Waals surface area (Å²) in [4.78, 5) is 12.4. The summed E-state index contributed by atoms with van der Waals surface area (Å²) in [6.45, 7) is 2.63. The van der Waals surface area contributed by atoms with Gasteiger partial charge in [-0.15, -0.1) is 0 Å². The van der Waals surface area contributed by atoms with Crippen LogP contribution in [-0.4, -0.2) is 15.7 Å². The summed E-state index contributed by atoms with van der Waals surface area (Å²) in [5, 5.41) is 7.64. The number of aromatic nitrogens is 2. The lowest BCUT2D eigenvalue weighted by atomic mass is 10.1. The predicted octanol–water partition coefficient (Wildman–Crippen LogP) is 5.20. The maximum Gasteiger partial charge on any atom is 0.270 e. The van der Waals surface area contributed by atoms with Gasteiger partial charge in [-0.2, -0.15) is 5.10 Å². The molecule has 0 aliphatic carbocycles. The lowest BCUT2D eigenvalue weighted by Gasteiger charge is -2.11. The minimum atomic E-state index is -2.94. The van der Waals surface area contributed by atoms with Gasteiger partial charge in [-0.25, -0.2) is 13.5 Å². The fraction of sp³-hybridized carbons (Fsp3) is 0.158. The molecule has 2 aromatic carbocycles. The summed E-state index contributed by atoms with van der Waals surface area (Å²) in [5.41, 5.74) is 2.23. The van der Waals surface area contributed by atoms with Crippen LogP contribution in [0, 0.1) is 6.92 Å². The minimum Gasteiger partial charge on any atom is -0.319 e. The van der Waals surface area contributed by atoms with Gasteiger partial charge in [0, 0.05) is 23.1 Å². The number of carbonyl (C=O) groups is 1. The van der Waals surface area contributed by atoms with Gasteiger partial charge in [0.25, 0.3) is 11.8 Å². The number of carbonyl (C=O) groups excluding carboxylic acids is 1. The molecule has 0 bridgehead atoms. The van der Waals surface area contributed by atoms with Crippen LogP contribution in [0.2, 0.25) is 5.02 Å². The number of rotatable bonds is 4. The van der Waals surface area contributed by atoms with Crippen molar-refractivity contribution in [3.63, 3.8) is 0 Å². The van der Waals surface area contributed by atoms with E-state index < -0.39 is 11.8 Å². The Kier molecular flexibility index (Phi) is 4.78. The summed E-state index contributed by atoms with van der Waals surface area (Å²) < 4.78 is 28.2. The molecule has 1 N–H and O–H groups in total. The molecule has 4 nitrogen and oxygen atoms in total. The number of anilines is 1. The van der Waals surface area contributed by atoms with Crippen LogP contribution in [0.5, 0.6) is 0 Å². The first-order valence-corrected chi connectivity index (χ1v) is 8.24. The first-order valence-electron chi connectivity index (χ1n) is 7.86. The number of nitrogens with one attached hydrogen (secondary N) is 1. The smallest absolute Gasteiger partial charge is 0.270 e. The minimum absolute atomic E-state index is 0.138. The van der Waals surface area contributed by atoms with E-state index in [-0.39, 0.29) is 11.1 Å². The first kappa shape index (κ1) is 18.1. The van der Waals surface area contributed by atoms with Gasteiger partial charge in [-0.1, -0.05) is 23.7 Å². The summed E-state index contributed by atoms with van der Waals surface area (Å²) in [6.07, 6.45) is 1.54. The Morgan fingerprint density at radius 3 is 2.31 bits per heavy atom. The third-order valence-corrected chi connectivity index (χ3v) is 4.24. The van der Waals surface area contributed by atoms with Crippen LogP contribution in [0.4, 0.5) is 14.5 Å². The topological polar surface area (TPSA) is 46.9 Å². The Hall–Kier alpha value is -2.73. The lowest BCUT2D eigenvalue weighted by molar-refractivity contribution is 0.0174. The molecule has 134 valence electrons. The number of amides is 1. The highest BCUT2D eigenvalue weighted by molar-refractivity contribution is 6.30. The fourth-order valence-corrected chi connectivity index (χ4v) is 2.61. The van der Waals surface area contributed by atoms with E-state index in [0.717, 1.165) is 18.3 Å². The molecule has 0 fully saturated rings. The second-order valence-corrected chi connectivity index (χ2v) is 6.39. The number of hydrogen-bond acceptors (Lipinski definition) is 2. The normalized spacial score (nSPS) is 11.4. The van der Waals surface area contributed by atoms with E-state index in [4.69, 9.17) is 11.6 Å². The average Bonchev–Trinajstić information content (AvgIpc) is 2.96. The Labute approximate surface area is 154 Å². The van der Waals surface area contributed by atoms with Crippen molar-refractivity contribution in [2.75, 3.05) is 5.32 Å². The molecule has 1 heterocycles. The van der Waals surface area contributed by atoms with Gasteiger partial charge in [0.1, 0.15) is 0 Å². The monoisotopic (exact) mass is 375 g/mol. The second-order valence-electron chi connectivity index (χ2n) is 5.95. The van der Waals surface area contributed by atoms with Gasteiger partial charge in [0.15, 0.2) is 0 Å². The van der Waals surface area contributed by atoms with Crippen molar-refractivity contribution in [2.45, 2.75) is 19.8 Å². The molecule has 0 spiro atoms. The van der Waals surface area contributed by atoms with Crippen molar-refractivity contribution < 1.29 is 13.6 Å². The van der Waals surface area contributed by atoms with Gasteiger partial charge >= 0.3 is 0 Å². The highest BCUT2D eigenvalue weighted by Gasteiger charge is 2.24. The zero-order valence-corrected chi connectivity index (χ0v) is 14.9. The molecular weight excluding hydrogens is 360 g/mol. The van der Waals surface area contributed by atoms with Crippen LogP contribution in [0.25, 0.3) is 5.69 Å². The van der Waals surface area contributed by atoms with Crippen molar-refractivity contribution in [3.8, 4) is 5.69 Å². The number of nitrogens with zero attached hydrogens (tertiary/aromatic N) is 2. The van der Waals surface area contributed by atoms with Crippen LogP contribution in [0.3, 0.4) is 0 Å². The maximum atomic E-state index is 13.3. The molecule has 3 rings (SSSR count). The average molecular weight is 376 g/mol. The van der Waals surface area contributed by atoms with Gasteiger partial charge in [-0.05, 0) is 43.3 Å². The quantitative estimate of drug-likeness (QED) is 0.681. The van der Waals surface area contributed by atoms with Gasteiger partial charge in [-0.3, -0.25) is 4.79 Å². The fourth-order valence-electron chi connectivity index (χ4n) is 2.48. The Balaban J connectivity index is 1.79. The van der Waals surface area contributed by atoms with Crippen molar-refractivity contribution in [3.05, 3.63) is 76.6 Å². The second kappa shape index (κ2) is 6.88. The maximum absolute atomic E-state index is 13.3. The predicted molar refractivity (Wildman–Crippen MR) is 97.3 cm³/mol. The third-order valence-electron chi connectivity index (χ3n) is 3.98. The molecule has 0 unspecified atom stereocenters. The van der Waals surface area contributed by atoms with E-state index in [1.807, 2.05) is 19.1 Å². The number of hydrogen-bond donors (Lipinski definition) is 1. The van der Waals surface area contributed by atoms with Gasteiger partial charge in [0.05, 0.1) is 23.3 Å². The molecule has 0 aliphatic heterocycles. The summed E-state index contributed by atoms with van der Waals surface area (Å²) in [7, 11) is 0. The van der Waals surface area contributed by atoms with Crippen molar-refractivity contribution in [2.24, 2.45) is 0 Å². The lowest BCUT2D eigenvalue weighted by Crippen LogP contribution is -2.13. The van der Waals surface area contributed by atoms with Crippen LogP contribution in [-0.2, 0) is 5.92 Å². The number of benzene rings is 2. The molecule has 3 aromatic rings. The van der Waals surface area contributed by atoms with Crippen molar-refractivity contribution in [1.82, 2.24) is 9.78 Å². The highest BCUT2D eigenvalue weighted by atomic mass is 35.5. The zero-order chi connectivity index (χ0) is 18.9. The molecule has 0 atom stereocenters. The standard InChI is InChI=1S/C19H16ClF2N3O/c1-12-17(11-23-25(12)16-9-7-15(20)8-10-16)24-18(26)13-3-5-14(6-4-13)19(2,21)22/h3-11H,1-2H3,(H,24,26). The van der Waals surface area contributed by atoms with E-state index in [0.29, 0.717) is 10.7 Å². The van der Waals surface area contributed by atoms with E-state index in [9.17, 15) is 13.6 Å². The van der Waals surface area contributed by atoms with E-state index in [1.165, 1.54) is 30.5 Å². The number of halogens is 3. The molecule has 0 aliphatic rings. The van der Waals surface area contributed by atoms with Crippen LogP contribution >= 0.6 is 11.6 Å². The molecular formula is C19H16ClF2N3O. The highest BCUT2D eigenvalue weighted by Crippen LogP contribution is 2.27. The first-order chi connectivity index (χ1) is 12.3. The number of alkyl halides is 2. The summed E-state index contributed by atoms with van der Waals surface area (Å²) in [6, 6.07) is 12.4. The van der Waals surface area contributed by atoms with Crippen LogP contribution in [0.15, 0.2) is 54.7 Å². The van der Waals surface area contributed by atoms with Gasteiger partial charge in [0.2, 0.25) is 0 Å². The van der Waals surface area contributed by atoms with Gasteiger partial charge < -0.3 is 5.32 Å². The van der Waals surface area contributed by atoms with Crippen LogP contribution < -0.4 is 5.32 Å². The molecule has 26 heavy (non-hydrogen) atoms. The van der Waals surface area contributed by atoms with E-state index in [2.05, 4.69) is 10.4 Å². The Morgan fingerprint density at radius 1 is 1.12 bits per heavy atom. The Bertz CT molecular complexity index is 929. The SMILES string of the molecule is Cc1c(NC(=O)c2ccc(C(C)(F)F)cc2)cnn1-c1ccc(Cl)cc1. The van der Waals surface area contributed by atoms with Crippen molar-refractivity contribution in [1.29, 1.82) is 0 Å². The van der Waals surface area contributed by atoms with Crippen molar-refractivity contribution >= 4 is 23.2 Å². The van der Waals surface area contributed by atoms with E-state index in [1.54, 1.807) is 16.8 Å². The molecule has 1 aromatic heterocycles. The zero-order valence-electron chi connectivity index (χ0n) is 14.1. The summed E-state index contributed by atoms with van der Waals surface area (Å²) in [5.74, 6) is -3.33. The molecule has 0 radical (unpaired) electrons. The Morgan fingerprint density at radius 2 is 1.73 bits per heavy atom. The third kappa shape index (κ3) is 3.75.